The Balaban J connectivity index is 2.59. The third-order valence-electron chi connectivity index (χ3n) is 1.90. The molecule has 3 nitrogen and oxygen atoms in total. The van der Waals surface area contributed by atoms with Gasteiger partial charge in [-0.15, -0.1) is 0 Å². The molecule has 1 aromatic rings. The largest absolute Gasteiger partial charge is 0.478 e. The van der Waals surface area contributed by atoms with Crippen molar-refractivity contribution in [1.29, 1.82) is 0 Å². The van der Waals surface area contributed by atoms with Crippen LogP contribution in [0.5, 0.6) is 0 Å². The molecule has 2 N–H and O–H groups in total. The third kappa shape index (κ3) is 5.18. The minimum atomic E-state index is -4.27. The average Bonchev–Trinajstić information content (AvgIpc) is 2.24. The highest BCUT2D eigenvalue weighted by molar-refractivity contribution is 9.10. The maximum Gasteiger partial charge on any atom is 0.441 e. The summed E-state index contributed by atoms with van der Waals surface area (Å²) in [5, 5.41) is 11.6. The van der Waals surface area contributed by atoms with Gasteiger partial charge in [-0.25, -0.2) is 4.79 Å². The van der Waals surface area contributed by atoms with E-state index < -0.39 is 11.5 Å². The summed E-state index contributed by atoms with van der Waals surface area (Å²) in [5.41, 5.74) is -3.95. The molecule has 0 aliphatic rings. The Morgan fingerprint density at radius 3 is 2.67 bits per heavy atom. The molecule has 0 heterocycles. The number of halogens is 4. The second-order valence-electron chi connectivity index (χ2n) is 3.22. The minimum Gasteiger partial charge on any atom is -0.478 e. The fourth-order valence-electron chi connectivity index (χ4n) is 1.20. The summed E-state index contributed by atoms with van der Waals surface area (Å²) in [4.78, 5) is 10.9. The standard InChI is InChI=1S/C10H9BrF3NO2S/c11-6-1-2-8(7(5-6)9(16)17)15-3-4-18-10(12,13)14/h1-2,5,15H,3-4H2,(H,16,17). The molecule has 0 saturated carbocycles. The molecule has 0 atom stereocenters. The highest BCUT2D eigenvalue weighted by Crippen LogP contribution is 2.30. The van der Waals surface area contributed by atoms with E-state index in [4.69, 9.17) is 5.11 Å². The van der Waals surface area contributed by atoms with Gasteiger partial charge >= 0.3 is 11.5 Å². The molecule has 0 saturated heterocycles. The number of carboxylic acids is 1. The number of hydrogen-bond donors (Lipinski definition) is 2. The molecule has 0 fully saturated rings. The molecule has 0 aliphatic carbocycles. The van der Waals surface area contributed by atoms with Gasteiger partial charge in [0.25, 0.3) is 0 Å². The molecular formula is C10H9BrF3NO2S. The first-order valence-electron chi connectivity index (χ1n) is 4.77. The van der Waals surface area contributed by atoms with E-state index in [0.29, 0.717) is 10.2 Å². The molecule has 8 heteroatoms. The molecule has 1 aromatic carbocycles. The molecule has 1 rings (SSSR count). The molecular weight excluding hydrogens is 335 g/mol. The number of hydrogen-bond acceptors (Lipinski definition) is 3. The predicted molar refractivity (Wildman–Crippen MR) is 68.1 cm³/mol. The maximum atomic E-state index is 11.9. The van der Waals surface area contributed by atoms with Gasteiger partial charge in [-0.3, -0.25) is 0 Å². The number of rotatable bonds is 5. The molecule has 0 aromatic heterocycles. The van der Waals surface area contributed by atoms with Gasteiger partial charge in [0.15, 0.2) is 0 Å². The first-order chi connectivity index (χ1) is 8.29. The summed E-state index contributed by atoms with van der Waals surface area (Å²) in [6, 6.07) is 4.51. The Morgan fingerprint density at radius 1 is 1.44 bits per heavy atom. The second-order valence-corrected chi connectivity index (χ2v) is 5.29. The summed E-state index contributed by atoms with van der Waals surface area (Å²) < 4.78 is 36.2. The van der Waals surface area contributed by atoms with E-state index in [1.54, 1.807) is 6.07 Å². The van der Waals surface area contributed by atoms with Crippen LogP contribution < -0.4 is 5.32 Å². The van der Waals surface area contributed by atoms with Gasteiger partial charge in [-0.2, -0.15) is 13.2 Å². The fraction of sp³-hybridized carbons (Fsp3) is 0.300. The lowest BCUT2D eigenvalue weighted by molar-refractivity contribution is -0.0327. The van der Waals surface area contributed by atoms with Crippen molar-refractivity contribution in [2.75, 3.05) is 17.6 Å². The minimum absolute atomic E-state index is 0.0152. The van der Waals surface area contributed by atoms with Crippen molar-refractivity contribution in [2.24, 2.45) is 0 Å². The van der Waals surface area contributed by atoms with Crippen molar-refractivity contribution >= 4 is 39.3 Å². The second kappa shape index (κ2) is 6.33. The van der Waals surface area contributed by atoms with Crippen LogP contribution in [0.3, 0.4) is 0 Å². The molecule has 0 amide bonds. The monoisotopic (exact) mass is 343 g/mol. The summed E-state index contributed by atoms with van der Waals surface area (Å²) in [5.74, 6) is -1.32. The normalized spacial score (nSPS) is 11.3. The van der Waals surface area contributed by atoms with E-state index in [2.05, 4.69) is 21.2 Å². The molecule has 0 unspecified atom stereocenters. The van der Waals surface area contributed by atoms with Crippen LogP contribution in [0.15, 0.2) is 22.7 Å². The highest BCUT2D eigenvalue weighted by atomic mass is 79.9. The molecule has 0 radical (unpaired) electrons. The summed E-state index contributed by atoms with van der Waals surface area (Å²) in [7, 11) is 0. The van der Waals surface area contributed by atoms with Crippen molar-refractivity contribution in [3.63, 3.8) is 0 Å². The maximum absolute atomic E-state index is 11.9. The van der Waals surface area contributed by atoms with Crippen LogP contribution in [0.1, 0.15) is 10.4 Å². The van der Waals surface area contributed by atoms with Gasteiger partial charge in [-0.05, 0) is 30.0 Å². The van der Waals surface area contributed by atoms with Crippen LogP contribution in [-0.4, -0.2) is 28.9 Å². The molecule has 0 spiro atoms. The third-order valence-corrected chi connectivity index (χ3v) is 3.12. The molecule has 18 heavy (non-hydrogen) atoms. The van der Waals surface area contributed by atoms with Crippen LogP contribution in [0, 0.1) is 0 Å². The lowest BCUT2D eigenvalue weighted by Gasteiger charge is -2.10. The SMILES string of the molecule is O=C(O)c1cc(Br)ccc1NCCSC(F)(F)F. The van der Waals surface area contributed by atoms with Crippen LogP contribution in [-0.2, 0) is 0 Å². The lowest BCUT2D eigenvalue weighted by Crippen LogP contribution is -2.12. The van der Waals surface area contributed by atoms with Crippen molar-refractivity contribution in [1.82, 2.24) is 0 Å². The van der Waals surface area contributed by atoms with E-state index in [1.165, 1.54) is 12.1 Å². The quantitative estimate of drug-likeness (QED) is 0.798. The van der Waals surface area contributed by atoms with Crippen molar-refractivity contribution in [3.05, 3.63) is 28.2 Å². The van der Waals surface area contributed by atoms with Gasteiger partial charge in [0.05, 0.1) is 5.56 Å². The number of carbonyl (C=O) groups is 1. The predicted octanol–water partition coefficient (Wildman–Crippen LogP) is 3.81. The lowest BCUT2D eigenvalue weighted by atomic mass is 10.2. The summed E-state index contributed by atoms with van der Waals surface area (Å²) >= 11 is 2.98. The average molecular weight is 344 g/mol. The first kappa shape index (κ1) is 15.2. The number of anilines is 1. The van der Waals surface area contributed by atoms with Crippen LogP contribution in [0.2, 0.25) is 0 Å². The van der Waals surface area contributed by atoms with Crippen LogP contribution in [0.25, 0.3) is 0 Å². The Bertz CT molecular complexity index is 440. The fourth-order valence-corrected chi connectivity index (χ4v) is 2.00. The number of thioether (sulfide) groups is 1. The van der Waals surface area contributed by atoms with Gasteiger partial charge in [-0.1, -0.05) is 15.9 Å². The first-order valence-corrected chi connectivity index (χ1v) is 6.55. The molecule has 100 valence electrons. The zero-order chi connectivity index (χ0) is 13.8. The van der Waals surface area contributed by atoms with E-state index in [1.807, 2.05) is 0 Å². The van der Waals surface area contributed by atoms with Gasteiger partial charge in [0, 0.05) is 22.5 Å². The van der Waals surface area contributed by atoms with Crippen molar-refractivity contribution < 1.29 is 23.1 Å². The van der Waals surface area contributed by atoms with Crippen molar-refractivity contribution in [2.45, 2.75) is 5.51 Å². The zero-order valence-electron chi connectivity index (χ0n) is 8.92. The summed E-state index contributed by atoms with van der Waals surface area (Å²) in [6.07, 6.45) is 0. The van der Waals surface area contributed by atoms with Crippen molar-refractivity contribution in [3.8, 4) is 0 Å². The van der Waals surface area contributed by atoms with E-state index in [9.17, 15) is 18.0 Å². The smallest absolute Gasteiger partial charge is 0.441 e. The number of benzene rings is 1. The Kier molecular flexibility index (Phi) is 5.33. The van der Waals surface area contributed by atoms with Gasteiger partial charge < -0.3 is 10.4 Å². The van der Waals surface area contributed by atoms with E-state index >= 15 is 0 Å². The Labute approximate surface area is 114 Å². The number of nitrogens with one attached hydrogen (secondary N) is 1. The van der Waals surface area contributed by atoms with Gasteiger partial charge in [0.2, 0.25) is 0 Å². The van der Waals surface area contributed by atoms with E-state index in [-0.39, 0.29) is 29.6 Å². The number of alkyl halides is 3. The highest BCUT2D eigenvalue weighted by Gasteiger charge is 2.27. The van der Waals surface area contributed by atoms with E-state index in [0.717, 1.165) is 0 Å². The molecule has 0 bridgehead atoms. The summed E-state index contributed by atoms with van der Waals surface area (Å²) in [6.45, 7) is 0.0338. The number of carboxylic acid groups (broad SMARTS) is 1. The van der Waals surface area contributed by atoms with Crippen LogP contribution >= 0.6 is 27.7 Å². The molecule has 0 aliphatic heterocycles. The topological polar surface area (TPSA) is 49.3 Å². The Hall–Kier alpha value is -0.890. The Morgan fingerprint density at radius 2 is 2.11 bits per heavy atom. The van der Waals surface area contributed by atoms with Crippen LogP contribution in [0.4, 0.5) is 18.9 Å². The zero-order valence-corrected chi connectivity index (χ0v) is 11.3. The van der Waals surface area contributed by atoms with Gasteiger partial charge in [0.1, 0.15) is 0 Å². The number of aromatic carboxylic acids is 1.